The predicted octanol–water partition coefficient (Wildman–Crippen LogP) is 4.51. The van der Waals surface area contributed by atoms with E-state index in [9.17, 15) is 23.3 Å². The second-order valence-electron chi connectivity index (χ2n) is 6.95. The molecule has 1 unspecified atom stereocenters. The molecule has 9 nitrogen and oxygen atoms in total. The Hall–Kier alpha value is -3.93. The Balaban J connectivity index is 1.42. The SMILES string of the molecule is CC1=CC(c2nc(-c3ccc(OC(F)(F)F)cc3)no2)NN1Cc1ccc([N+](=O)[O-])cc1. The number of alkyl halides is 3. The summed E-state index contributed by atoms with van der Waals surface area (Å²) in [4.78, 5) is 14.7. The van der Waals surface area contributed by atoms with E-state index in [2.05, 4.69) is 20.3 Å². The van der Waals surface area contributed by atoms with Gasteiger partial charge >= 0.3 is 6.36 Å². The van der Waals surface area contributed by atoms with Gasteiger partial charge in [0.2, 0.25) is 11.7 Å². The van der Waals surface area contributed by atoms with Crippen molar-refractivity contribution in [1.29, 1.82) is 0 Å². The standard InChI is InChI=1S/C20H16F3N5O4/c1-12-10-17(25-27(12)11-13-2-6-15(7-3-13)28(29)30)19-24-18(26-32-19)14-4-8-16(9-5-14)31-20(21,22)23/h2-10,17,25H,11H2,1H3. The lowest BCUT2D eigenvalue weighted by atomic mass is 10.2. The van der Waals surface area contributed by atoms with Crippen LogP contribution in [0.2, 0.25) is 0 Å². The Morgan fingerprint density at radius 1 is 1.19 bits per heavy atom. The highest BCUT2D eigenvalue weighted by atomic mass is 19.4. The third kappa shape index (κ3) is 4.86. The van der Waals surface area contributed by atoms with Crippen molar-refractivity contribution in [2.45, 2.75) is 25.9 Å². The van der Waals surface area contributed by atoms with Crippen LogP contribution in [0.25, 0.3) is 11.4 Å². The van der Waals surface area contributed by atoms with Crippen molar-refractivity contribution in [3.8, 4) is 17.1 Å². The summed E-state index contributed by atoms with van der Waals surface area (Å²) in [7, 11) is 0. The number of allylic oxidation sites excluding steroid dienone is 1. The molecule has 1 aromatic heterocycles. The van der Waals surface area contributed by atoms with E-state index in [1.54, 1.807) is 12.1 Å². The lowest BCUT2D eigenvalue weighted by Gasteiger charge is -2.21. The van der Waals surface area contributed by atoms with Crippen molar-refractivity contribution in [2.24, 2.45) is 0 Å². The molecule has 0 amide bonds. The first kappa shape index (κ1) is 21.3. The first-order chi connectivity index (χ1) is 15.2. The highest BCUT2D eigenvalue weighted by Crippen LogP contribution is 2.28. The Bertz CT molecular complexity index is 1140. The van der Waals surface area contributed by atoms with E-state index in [0.29, 0.717) is 12.1 Å². The number of hydrogen-bond acceptors (Lipinski definition) is 8. The van der Waals surface area contributed by atoms with Crippen LogP contribution in [0.5, 0.6) is 5.75 Å². The fraction of sp³-hybridized carbons (Fsp3) is 0.200. The molecular weight excluding hydrogens is 431 g/mol. The summed E-state index contributed by atoms with van der Waals surface area (Å²) in [5.74, 6) is 0.157. The third-order valence-corrected chi connectivity index (χ3v) is 4.67. The minimum Gasteiger partial charge on any atom is -0.406 e. The highest BCUT2D eigenvalue weighted by Gasteiger charge is 2.31. The average Bonchev–Trinajstić information content (AvgIpc) is 3.35. The molecule has 0 saturated carbocycles. The van der Waals surface area contributed by atoms with Crippen LogP contribution < -0.4 is 10.2 Å². The van der Waals surface area contributed by atoms with Crippen molar-refractivity contribution < 1.29 is 27.4 Å². The molecule has 0 bridgehead atoms. The molecule has 1 atom stereocenters. The summed E-state index contributed by atoms with van der Waals surface area (Å²) in [5, 5.41) is 16.5. The molecule has 0 spiro atoms. The zero-order valence-electron chi connectivity index (χ0n) is 16.5. The molecule has 12 heteroatoms. The lowest BCUT2D eigenvalue weighted by Crippen LogP contribution is -2.32. The van der Waals surface area contributed by atoms with Gasteiger partial charge in [-0.2, -0.15) is 4.98 Å². The Morgan fingerprint density at radius 2 is 1.88 bits per heavy atom. The molecular formula is C20H16F3N5O4. The number of hydrogen-bond donors (Lipinski definition) is 1. The topological polar surface area (TPSA) is 107 Å². The van der Waals surface area contributed by atoms with Crippen LogP contribution in [0.15, 0.2) is 64.8 Å². The first-order valence-corrected chi connectivity index (χ1v) is 9.33. The van der Waals surface area contributed by atoms with Gasteiger partial charge in [0, 0.05) is 23.4 Å². The maximum absolute atomic E-state index is 12.3. The van der Waals surface area contributed by atoms with Gasteiger partial charge < -0.3 is 14.3 Å². The fourth-order valence-electron chi connectivity index (χ4n) is 3.13. The average molecular weight is 447 g/mol. The molecule has 4 rings (SSSR count). The molecule has 32 heavy (non-hydrogen) atoms. The molecule has 0 saturated heterocycles. The number of hydrazine groups is 1. The summed E-state index contributed by atoms with van der Waals surface area (Å²) in [5.41, 5.74) is 5.45. The van der Waals surface area contributed by atoms with Crippen LogP contribution in [-0.2, 0) is 6.54 Å². The second-order valence-corrected chi connectivity index (χ2v) is 6.95. The van der Waals surface area contributed by atoms with E-state index in [-0.39, 0.29) is 23.2 Å². The molecule has 166 valence electrons. The molecule has 0 radical (unpaired) electrons. The number of nitro benzene ring substituents is 1. The molecule has 2 heterocycles. The van der Waals surface area contributed by atoms with E-state index in [0.717, 1.165) is 11.3 Å². The number of non-ortho nitro benzene ring substituents is 1. The highest BCUT2D eigenvalue weighted by molar-refractivity contribution is 5.55. The zero-order valence-corrected chi connectivity index (χ0v) is 16.5. The maximum Gasteiger partial charge on any atom is 0.573 e. The lowest BCUT2D eigenvalue weighted by molar-refractivity contribution is -0.384. The maximum atomic E-state index is 12.3. The number of nitrogens with one attached hydrogen (secondary N) is 1. The smallest absolute Gasteiger partial charge is 0.406 e. The number of ether oxygens (including phenoxy) is 1. The van der Waals surface area contributed by atoms with Crippen molar-refractivity contribution in [3.05, 3.63) is 81.9 Å². The van der Waals surface area contributed by atoms with Crippen molar-refractivity contribution in [2.75, 3.05) is 0 Å². The van der Waals surface area contributed by atoms with Crippen LogP contribution in [-0.4, -0.2) is 26.4 Å². The van der Waals surface area contributed by atoms with Crippen molar-refractivity contribution in [1.82, 2.24) is 20.6 Å². The van der Waals surface area contributed by atoms with E-state index in [4.69, 9.17) is 4.52 Å². The minimum atomic E-state index is -4.76. The molecule has 2 aromatic carbocycles. The van der Waals surface area contributed by atoms with E-state index in [1.807, 2.05) is 18.0 Å². The van der Waals surface area contributed by atoms with Crippen molar-refractivity contribution in [3.63, 3.8) is 0 Å². The number of benzene rings is 2. The molecule has 3 aromatic rings. The van der Waals surface area contributed by atoms with Gasteiger partial charge in [0.1, 0.15) is 11.8 Å². The number of nitro groups is 1. The Kier molecular flexibility index (Phi) is 5.53. The first-order valence-electron chi connectivity index (χ1n) is 9.33. The number of halogens is 3. The summed E-state index contributed by atoms with van der Waals surface area (Å²) in [6, 6.07) is 11.0. The largest absolute Gasteiger partial charge is 0.573 e. The summed E-state index contributed by atoms with van der Waals surface area (Å²) >= 11 is 0. The number of nitrogens with zero attached hydrogens (tertiary/aromatic N) is 4. The number of rotatable bonds is 6. The normalized spacial score (nSPS) is 16.2. The van der Waals surface area contributed by atoms with E-state index in [1.165, 1.54) is 36.4 Å². The monoisotopic (exact) mass is 447 g/mol. The minimum absolute atomic E-state index is 0.0182. The zero-order chi connectivity index (χ0) is 22.9. The number of aromatic nitrogens is 2. The van der Waals surface area contributed by atoms with Crippen molar-refractivity contribution >= 4 is 5.69 Å². The van der Waals surface area contributed by atoms with Crippen LogP contribution in [0.3, 0.4) is 0 Å². The van der Waals surface area contributed by atoms with Gasteiger partial charge in [-0.15, -0.1) is 13.2 Å². The molecule has 0 aliphatic carbocycles. The molecule has 1 aliphatic heterocycles. The van der Waals surface area contributed by atoms with Gasteiger partial charge in [-0.25, -0.2) is 5.43 Å². The van der Waals surface area contributed by atoms with Crippen LogP contribution in [0.4, 0.5) is 18.9 Å². The van der Waals surface area contributed by atoms with Gasteiger partial charge in [0.15, 0.2) is 0 Å². The summed E-state index contributed by atoms with van der Waals surface area (Å²) in [6.45, 7) is 2.34. The van der Waals surface area contributed by atoms with E-state index < -0.39 is 17.3 Å². The van der Waals surface area contributed by atoms with Gasteiger partial charge in [0.05, 0.1) is 11.5 Å². The Labute approximate surface area is 179 Å². The molecule has 1 aliphatic rings. The van der Waals surface area contributed by atoms with Gasteiger partial charge in [-0.05, 0) is 42.8 Å². The van der Waals surface area contributed by atoms with E-state index >= 15 is 0 Å². The summed E-state index contributed by atoms with van der Waals surface area (Å²) in [6.07, 6.45) is -2.89. The van der Waals surface area contributed by atoms with Gasteiger partial charge in [-0.3, -0.25) is 10.1 Å². The second kappa shape index (κ2) is 8.30. The predicted molar refractivity (Wildman–Crippen MR) is 105 cm³/mol. The molecule has 1 N–H and O–H groups in total. The van der Waals surface area contributed by atoms with Crippen LogP contribution >= 0.6 is 0 Å². The van der Waals surface area contributed by atoms with Crippen LogP contribution in [0.1, 0.15) is 24.4 Å². The fourth-order valence-corrected chi connectivity index (χ4v) is 3.13. The molecule has 0 fully saturated rings. The third-order valence-electron chi connectivity index (χ3n) is 4.67. The quantitative estimate of drug-likeness (QED) is 0.435. The van der Waals surface area contributed by atoms with Gasteiger partial charge in [-0.1, -0.05) is 17.3 Å². The van der Waals surface area contributed by atoms with Crippen LogP contribution in [0, 0.1) is 10.1 Å². The summed E-state index contributed by atoms with van der Waals surface area (Å²) < 4.78 is 46.0. The van der Waals surface area contributed by atoms with Gasteiger partial charge in [0.25, 0.3) is 5.69 Å². The Morgan fingerprint density at radius 3 is 2.50 bits per heavy atom.